The third kappa shape index (κ3) is 1.53. The third-order valence-electron chi connectivity index (χ3n) is 1.64. The Balaban J connectivity index is 2.33. The highest BCUT2D eigenvalue weighted by molar-refractivity contribution is 4.97. The molecule has 0 aromatic heterocycles. The van der Waals surface area contributed by atoms with Crippen LogP contribution >= 0.6 is 0 Å². The summed E-state index contributed by atoms with van der Waals surface area (Å²) in [6.45, 7) is 3.56. The van der Waals surface area contributed by atoms with Crippen molar-refractivity contribution in [2.45, 2.75) is 13.0 Å². The minimum Gasteiger partial charge on any atom is -0.370 e. The van der Waals surface area contributed by atoms with Crippen LogP contribution in [0.5, 0.6) is 0 Å². The van der Waals surface area contributed by atoms with Gasteiger partial charge in [0.15, 0.2) is 0 Å². The summed E-state index contributed by atoms with van der Waals surface area (Å²) in [7, 11) is 0. The fourth-order valence-electron chi connectivity index (χ4n) is 0.900. The van der Waals surface area contributed by atoms with Crippen molar-refractivity contribution in [3.8, 4) is 0 Å². The van der Waals surface area contributed by atoms with E-state index in [1.165, 1.54) is 0 Å². The maximum atomic E-state index is 5.44. The summed E-state index contributed by atoms with van der Waals surface area (Å²) in [5.74, 6) is 0.462. The van der Waals surface area contributed by atoms with Crippen LogP contribution in [0.15, 0.2) is 12.2 Å². The molecule has 52 valence electrons. The van der Waals surface area contributed by atoms with Gasteiger partial charge >= 0.3 is 0 Å². The SMILES string of the molecule is CC(CN)C1C=CCO1. The van der Waals surface area contributed by atoms with E-state index in [2.05, 4.69) is 13.0 Å². The van der Waals surface area contributed by atoms with Crippen LogP contribution in [0.2, 0.25) is 0 Å². The van der Waals surface area contributed by atoms with Crippen molar-refractivity contribution >= 4 is 0 Å². The monoisotopic (exact) mass is 127 g/mol. The molecule has 0 aliphatic carbocycles. The van der Waals surface area contributed by atoms with Gasteiger partial charge in [0.1, 0.15) is 0 Å². The number of nitrogens with two attached hydrogens (primary N) is 1. The predicted octanol–water partition coefficient (Wildman–Crippen LogP) is 0.536. The number of hydrogen-bond donors (Lipinski definition) is 1. The molecule has 0 saturated heterocycles. The molecule has 0 amide bonds. The van der Waals surface area contributed by atoms with E-state index in [0.29, 0.717) is 12.5 Å². The molecule has 2 nitrogen and oxygen atoms in total. The Hall–Kier alpha value is -0.340. The molecule has 0 bridgehead atoms. The van der Waals surface area contributed by atoms with Crippen LogP contribution in [0.4, 0.5) is 0 Å². The molecule has 2 N–H and O–H groups in total. The van der Waals surface area contributed by atoms with E-state index >= 15 is 0 Å². The summed E-state index contributed by atoms with van der Waals surface area (Å²) in [4.78, 5) is 0. The van der Waals surface area contributed by atoms with Gasteiger partial charge in [0.25, 0.3) is 0 Å². The van der Waals surface area contributed by atoms with Crippen molar-refractivity contribution in [3.63, 3.8) is 0 Å². The largest absolute Gasteiger partial charge is 0.370 e. The second-order valence-corrected chi connectivity index (χ2v) is 2.44. The standard InChI is InChI=1S/C7H13NO/c1-6(5-8)7-3-2-4-9-7/h2-3,6-7H,4-5,8H2,1H3. The Morgan fingerprint density at radius 3 is 3.11 bits per heavy atom. The van der Waals surface area contributed by atoms with Crippen LogP contribution in [-0.2, 0) is 4.74 Å². The Kier molecular flexibility index (Phi) is 2.25. The first-order valence-electron chi connectivity index (χ1n) is 3.33. The van der Waals surface area contributed by atoms with E-state index in [1.807, 2.05) is 6.08 Å². The first kappa shape index (κ1) is 6.78. The lowest BCUT2D eigenvalue weighted by atomic mass is 10.1. The van der Waals surface area contributed by atoms with Gasteiger partial charge in [-0.2, -0.15) is 0 Å². The molecule has 0 fully saturated rings. The molecule has 2 unspecified atom stereocenters. The molecule has 9 heavy (non-hydrogen) atoms. The first-order chi connectivity index (χ1) is 4.34. The van der Waals surface area contributed by atoms with E-state index in [-0.39, 0.29) is 6.10 Å². The number of rotatable bonds is 2. The van der Waals surface area contributed by atoms with Crippen LogP contribution in [0.25, 0.3) is 0 Å². The minimum absolute atomic E-state index is 0.273. The zero-order chi connectivity index (χ0) is 6.69. The van der Waals surface area contributed by atoms with Gasteiger partial charge in [-0.1, -0.05) is 19.1 Å². The van der Waals surface area contributed by atoms with Crippen molar-refractivity contribution in [2.75, 3.05) is 13.2 Å². The Morgan fingerprint density at radius 2 is 2.67 bits per heavy atom. The summed E-state index contributed by atoms with van der Waals surface area (Å²) in [6.07, 6.45) is 4.39. The highest BCUT2D eigenvalue weighted by Crippen LogP contribution is 2.11. The van der Waals surface area contributed by atoms with E-state index in [0.717, 1.165) is 6.61 Å². The third-order valence-corrected chi connectivity index (χ3v) is 1.64. The number of hydrogen-bond acceptors (Lipinski definition) is 2. The van der Waals surface area contributed by atoms with Crippen LogP contribution < -0.4 is 5.73 Å². The van der Waals surface area contributed by atoms with Crippen molar-refractivity contribution < 1.29 is 4.74 Å². The van der Waals surface area contributed by atoms with Crippen molar-refractivity contribution in [1.29, 1.82) is 0 Å². The maximum absolute atomic E-state index is 5.44. The van der Waals surface area contributed by atoms with E-state index in [1.54, 1.807) is 0 Å². The summed E-state index contributed by atoms with van der Waals surface area (Å²) < 4.78 is 5.31. The van der Waals surface area contributed by atoms with Gasteiger partial charge in [0, 0.05) is 0 Å². The summed E-state index contributed by atoms with van der Waals surface area (Å²) in [6, 6.07) is 0. The lowest BCUT2D eigenvalue weighted by Gasteiger charge is -2.14. The molecular weight excluding hydrogens is 114 g/mol. The smallest absolute Gasteiger partial charge is 0.0798 e. The van der Waals surface area contributed by atoms with E-state index < -0.39 is 0 Å². The normalized spacial score (nSPS) is 28.9. The average molecular weight is 127 g/mol. The molecule has 1 heterocycles. The van der Waals surface area contributed by atoms with Gasteiger partial charge in [0.2, 0.25) is 0 Å². The van der Waals surface area contributed by atoms with Gasteiger partial charge in [0.05, 0.1) is 12.7 Å². The number of ether oxygens (including phenoxy) is 1. The van der Waals surface area contributed by atoms with Gasteiger partial charge in [-0.3, -0.25) is 0 Å². The fraction of sp³-hybridized carbons (Fsp3) is 0.714. The first-order valence-corrected chi connectivity index (χ1v) is 3.33. The van der Waals surface area contributed by atoms with Gasteiger partial charge in [-0.15, -0.1) is 0 Å². The molecule has 1 aliphatic rings. The molecule has 1 aliphatic heterocycles. The Bertz CT molecular complexity index is 111. The van der Waals surface area contributed by atoms with Gasteiger partial charge in [-0.25, -0.2) is 0 Å². The Labute approximate surface area is 55.7 Å². The lowest BCUT2D eigenvalue weighted by molar-refractivity contribution is 0.0901. The molecule has 0 aromatic rings. The van der Waals surface area contributed by atoms with Crippen LogP contribution in [-0.4, -0.2) is 19.3 Å². The van der Waals surface area contributed by atoms with Crippen molar-refractivity contribution in [2.24, 2.45) is 11.7 Å². The zero-order valence-electron chi connectivity index (χ0n) is 5.71. The minimum atomic E-state index is 0.273. The fourth-order valence-corrected chi connectivity index (χ4v) is 0.900. The second-order valence-electron chi connectivity index (χ2n) is 2.44. The van der Waals surface area contributed by atoms with Crippen LogP contribution in [0, 0.1) is 5.92 Å². The van der Waals surface area contributed by atoms with Crippen LogP contribution in [0.3, 0.4) is 0 Å². The average Bonchev–Trinajstić information content (AvgIpc) is 2.37. The molecule has 1 rings (SSSR count). The quantitative estimate of drug-likeness (QED) is 0.549. The topological polar surface area (TPSA) is 35.2 Å². The summed E-state index contributed by atoms with van der Waals surface area (Å²) in [5, 5.41) is 0. The maximum Gasteiger partial charge on any atom is 0.0798 e. The highest BCUT2D eigenvalue weighted by atomic mass is 16.5. The molecule has 0 aromatic carbocycles. The van der Waals surface area contributed by atoms with E-state index in [9.17, 15) is 0 Å². The predicted molar refractivity (Wildman–Crippen MR) is 37.1 cm³/mol. The van der Waals surface area contributed by atoms with Gasteiger partial charge in [-0.05, 0) is 12.5 Å². The van der Waals surface area contributed by atoms with Gasteiger partial charge < -0.3 is 10.5 Å². The molecule has 0 spiro atoms. The van der Waals surface area contributed by atoms with Crippen molar-refractivity contribution in [1.82, 2.24) is 0 Å². The molecule has 0 saturated carbocycles. The molecule has 2 atom stereocenters. The lowest BCUT2D eigenvalue weighted by Crippen LogP contribution is -2.23. The molecular formula is C7H13NO. The molecule has 2 heteroatoms. The summed E-state index contributed by atoms with van der Waals surface area (Å²) >= 11 is 0. The van der Waals surface area contributed by atoms with Crippen LogP contribution in [0.1, 0.15) is 6.92 Å². The zero-order valence-corrected chi connectivity index (χ0v) is 5.71. The van der Waals surface area contributed by atoms with Crippen molar-refractivity contribution in [3.05, 3.63) is 12.2 Å². The van der Waals surface area contributed by atoms with E-state index in [4.69, 9.17) is 10.5 Å². The molecule has 0 radical (unpaired) electrons. The highest BCUT2D eigenvalue weighted by Gasteiger charge is 2.15. The Morgan fingerprint density at radius 1 is 1.89 bits per heavy atom. The summed E-state index contributed by atoms with van der Waals surface area (Å²) in [5.41, 5.74) is 5.44. The second kappa shape index (κ2) is 2.99.